The first-order valence-electron chi connectivity index (χ1n) is 9.81. The number of aromatic nitrogens is 1. The molecular formula is C21H19Cl3N2O5S2. The van der Waals surface area contributed by atoms with Crippen molar-refractivity contribution in [2.75, 3.05) is 12.4 Å². The van der Waals surface area contributed by atoms with E-state index in [0.29, 0.717) is 25.3 Å². The predicted octanol–water partition coefficient (Wildman–Crippen LogP) is 4.91. The third-order valence-electron chi connectivity index (χ3n) is 4.52. The molecule has 0 radical (unpaired) electrons. The van der Waals surface area contributed by atoms with Gasteiger partial charge in [0.05, 0.1) is 37.5 Å². The number of carbonyl (C=O) groups excluding carboxylic acids is 2. The van der Waals surface area contributed by atoms with E-state index in [0.717, 1.165) is 11.3 Å². The lowest BCUT2D eigenvalue weighted by Crippen LogP contribution is -2.23. The summed E-state index contributed by atoms with van der Waals surface area (Å²) in [6.45, 7) is 1.68. The van der Waals surface area contributed by atoms with Crippen molar-refractivity contribution in [2.45, 2.75) is 31.2 Å². The van der Waals surface area contributed by atoms with Gasteiger partial charge in [0.15, 0.2) is 14.6 Å². The van der Waals surface area contributed by atoms with Gasteiger partial charge in [-0.25, -0.2) is 8.42 Å². The number of sulfone groups is 1. The normalized spacial score (nSPS) is 12.3. The van der Waals surface area contributed by atoms with Gasteiger partial charge in [-0.3, -0.25) is 9.59 Å². The molecule has 0 aliphatic carbocycles. The molecule has 0 N–H and O–H groups in total. The second kappa shape index (κ2) is 11.0. The molecule has 1 heterocycles. The first kappa shape index (κ1) is 25.7. The van der Waals surface area contributed by atoms with E-state index in [1.807, 2.05) is 0 Å². The maximum Gasteiger partial charge on any atom is 0.326 e. The Bertz CT molecular complexity index is 1360. The zero-order chi connectivity index (χ0) is 24.2. The minimum atomic E-state index is -3.56. The number of benzene rings is 2. The van der Waals surface area contributed by atoms with Gasteiger partial charge in [0.25, 0.3) is 0 Å². The van der Waals surface area contributed by atoms with Crippen LogP contribution in [0.15, 0.2) is 46.3 Å². The van der Waals surface area contributed by atoms with Crippen LogP contribution in [0.5, 0.6) is 0 Å². The number of hydrogen-bond donors (Lipinski definition) is 0. The van der Waals surface area contributed by atoms with E-state index in [2.05, 4.69) is 4.99 Å². The highest BCUT2D eigenvalue weighted by Crippen LogP contribution is 2.32. The van der Waals surface area contributed by atoms with Crippen LogP contribution in [0.3, 0.4) is 0 Å². The summed E-state index contributed by atoms with van der Waals surface area (Å²) in [6, 6.07) is 9.04. The van der Waals surface area contributed by atoms with E-state index in [1.54, 1.807) is 19.1 Å². The molecule has 0 aliphatic heterocycles. The maximum absolute atomic E-state index is 12.5. The number of amides is 1. The monoisotopic (exact) mass is 548 g/mol. The van der Waals surface area contributed by atoms with Crippen molar-refractivity contribution < 1.29 is 22.7 Å². The summed E-state index contributed by atoms with van der Waals surface area (Å²) >= 11 is 19.5. The Labute approximate surface area is 209 Å². The van der Waals surface area contributed by atoms with Crippen LogP contribution in [0.25, 0.3) is 10.2 Å². The molecule has 0 spiro atoms. The van der Waals surface area contributed by atoms with Crippen molar-refractivity contribution >= 4 is 78.1 Å². The van der Waals surface area contributed by atoms with Gasteiger partial charge in [-0.05, 0) is 49.7 Å². The fourth-order valence-electron chi connectivity index (χ4n) is 3.01. The highest BCUT2D eigenvalue weighted by atomic mass is 35.5. The summed E-state index contributed by atoms with van der Waals surface area (Å²) in [5.41, 5.74) is 0.471. The first-order valence-corrected chi connectivity index (χ1v) is 13.4. The number of esters is 1. The number of halogens is 3. The van der Waals surface area contributed by atoms with Gasteiger partial charge in [-0.15, -0.1) is 0 Å². The molecule has 3 aromatic rings. The van der Waals surface area contributed by atoms with Gasteiger partial charge in [-0.2, -0.15) is 4.99 Å². The minimum absolute atomic E-state index is 0.0809. The summed E-state index contributed by atoms with van der Waals surface area (Å²) in [4.78, 5) is 29.1. The quantitative estimate of drug-likeness (QED) is 0.372. The van der Waals surface area contributed by atoms with E-state index >= 15 is 0 Å². The Hall–Kier alpha value is -1.91. The number of hydrogen-bond acceptors (Lipinski definition) is 6. The highest BCUT2D eigenvalue weighted by Gasteiger charge is 2.18. The lowest BCUT2D eigenvalue weighted by molar-refractivity contribution is -0.143. The van der Waals surface area contributed by atoms with Crippen molar-refractivity contribution in [3.63, 3.8) is 0 Å². The molecule has 0 aliphatic rings. The summed E-state index contributed by atoms with van der Waals surface area (Å²) < 4.78 is 32.0. The summed E-state index contributed by atoms with van der Waals surface area (Å²) in [7, 11) is -3.56. The Morgan fingerprint density at radius 2 is 1.73 bits per heavy atom. The van der Waals surface area contributed by atoms with E-state index in [1.165, 1.54) is 28.8 Å². The van der Waals surface area contributed by atoms with Crippen LogP contribution in [-0.4, -0.2) is 37.2 Å². The van der Waals surface area contributed by atoms with Gasteiger partial charge >= 0.3 is 5.97 Å². The van der Waals surface area contributed by atoms with Crippen molar-refractivity contribution in [2.24, 2.45) is 4.99 Å². The number of nitrogens with zero attached hydrogens (tertiary/aromatic N) is 2. The molecule has 1 amide bonds. The van der Waals surface area contributed by atoms with E-state index in [4.69, 9.17) is 39.5 Å². The minimum Gasteiger partial charge on any atom is -0.465 e. The molecule has 0 atom stereocenters. The molecule has 0 bridgehead atoms. The van der Waals surface area contributed by atoms with Crippen molar-refractivity contribution in [3.05, 3.63) is 56.3 Å². The van der Waals surface area contributed by atoms with Crippen LogP contribution in [0.1, 0.15) is 19.8 Å². The fourth-order valence-corrected chi connectivity index (χ4v) is 6.11. The van der Waals surface area contributed by atoms with Gasteiger partial charge in [0.2, 0.25) is 5.91 Å². The second-order valence-electron chi connectivity index (χ2n) is 6.86. The average Bonchev–Trinajstić information content (AvgIpc) is 3.10. The van der Waals surface area contributed by atoms with Crippen LogP contribution in [0, 0.1) is 0 Å². The summed E-state index contributed by atoms with van der Waals surface area (Å²) in [5.74, 6) is -1.27. The maximum atomic E-state index is 12.5. The van der Waals surface area contributed by atoms with Gasteiger partial charge < -0.3 is 9.30 Å². The molecule has 0 saturated carbocycles. The van der Waals surface area contributed by atoms with Crippen LogP contribution in [0.2, 0.25) is 15.1 Å². The molecular weight excluding hydrogens is 531 g/mol. The molecule has 0 saturated heterocycles. The smallest absolute Gasteiger partial charge is 0.326 e. The lowest BCUT2D eigenvalue weighted by atomic mass is 10.3. The Balaban J connectivity index is 1.83. The average molecular weight is 550 g/mol. The zero-order valence-corrected chi connectivity index (χ0v) is 21.3. The van der Waals surface area contributed by atoms with Gasteiger partial charge in [0, 0.05) is 11.4 Å². The fraction of sp³-hybridized carbons (Fsp3) is 0.286. The molecule has 176 valence electrons. The van der Waals surface area contributed by atoms with E-state index in [9.17, 15) is 18.0 Å². The molecule has 3 rings (SSSR count). The largest absolute Gasteiger partial charge is 0.465 e. The Kier molecular flexibility index (Phi) is 8.58. The standard InChI is InChI=1S/C21H19Cl3N2O5S2/c1-2-31-18(28)12-26-19-15(23)9-10-16(24)20(19)32-21(26)25-17(27)4-3-11-33(29,30)14-7-5-13(22)6-8-14/h5-10H,2-4,11-12H2,1H3. The van der Waals surface area contributed by atoms with Gasteiger partial charge in [-0.1, -0.05) is 46.1 Å². The summed E-state index contributed by atoms with van der Waals surface area (Å²) in [6.07, 6.45) is -0.0144. The molecule has 0 unspecified atom stereocenters. The van der Waals surface area contributed by atoms with Crippen LogP contribution in [-0.2, 0) is 30.7 Å². The van der Waals surface area contributed by atoms with Crippen LogP contribution in [0.4, 0.5) is 0 Å². The lowest BCUT2D eigenvalue weighted by Gasteiger charge is -2.06. The van der Waals surface area contributed by atoms with E-state index < -0.39 is 21.7 Å². The predicted molar refractivity (Wildman–Crippen MR) is 130 cm³/mol. The number of rotatable bonds is 8. The Morgan fingerprint density at radius 3 is 2.39 bits per heavy atom. The molecule has 2 aromatic carbocycles. The van der Waals surface area contributed by atoms with Crippen LogP contribution >= 0.6 is 46.1 Å². The zero-order valence-electron chi connectivity index (χ0n) is 17.4. The number of fused-ring (bicyclic) bond motifs is 1. The first-order chi connectivity index (χ1) is 15.6. The summed E-state index contributed by atoms with van der Waals surface area (Å²) in [5, 5.41) is 1.18. The van der Waals surface area contributed by atoms with E-state index in [-0.39, 0.29) is 41.4 Å². The Morgan fingerprint density at radius 1 is 1.06 bits per heavy atom. The third-order valence-corrected chi connectivity index (χ3v) is 8.43. The third kappa shape index (κ3) is 6.36. The van der Waals surface area contributed by atoms with Crippen LogP contribution < -0.4 is 4.80 Å². The molecule has 1 aromatic heterocycles. The molecule has 7 nitrogen and oxygen atoms in total. The number of thiazole rings is 1. The second-order valence-corrected chi connectivity index (χ2v) is 11.2. The van der Waals surface area contributed by atoms with Gasteiger partial charge in [0.1, 0.15) is 6.54 Å². The molecule has 12 heteroatoms. The SMILES string of the molecule is CCOC(=O)Cn1c(=NC(=O)CCCS(=O)(=O)c2ccc(Cl)cc2)sc2c(Cl)ccc(Cl)c21. The number of ether oxygens (including phenoxy) is 1. The number of carbonyl (C=O) groups is 2. The van der Waals surface area contributed by atoms with Crippen molar-refractivity contribution in [1.82, 2.24) is 4.57 Å². The van der Waals surface area contributed by atoms with Crippen molar-refractivity contribution in [1.29, 1.82) is 0 Å². The molecule has 0 fully saturated rings. The topological polar surface area (TPSA) is 94.8 Å². The highest BCUT2D eigenvalue weighted by molar-refractivity contribution is 7.91. The van der Waals surface area contributed by atoms with Crippen molar-refractivity contribution in [3.8, 4) is 0 Å². The molecule has 33 heavy (non-hydrogen) atoms.